The molecule has 1 aromatic rings. The van der Waals surface area contributed by atoms with Crippen molar-refractivity contribution in [1.82, 2.24) is 5.32 Å². The van der Waals surface area contributed by atoms with E-state index < -0.39 is 0 Å². The molecule has 4 heteroatoms. The molecular formula is C15H22N2O2. The Kier molecular flexibility index (Phi) is 4.93. The van der Waals surface area contributed by atoms with E-state index in [0.717, 1.165) is 12.8 Å². The van der Waals surface area contributed by atoms with E-state index in [1.807, 2.05) is 25.1 Å². The molecule has 19 heavy (non-hydrogen) atoms. The zero-order chi connectivity index (χ0) is 13.7. The summed E-state index contributed by atoms with van der Waals surface area (Å²) in [5, 5.41) is 3.04. The number of nitrogens with one attached hydrogen (secondary N) is 1. The van der Waals surface area contributed by atoms with Crippen LogP contribution in [0.4, 0.5) is 0 Å². The molecule has 2 rings (SSSR count). The standard InChI is InChI=1S/C15H22N2O2/c1-11-14(7-8-19-11)15(18)17-13(10-16)9-12-5-3-2-4-6-12/h2-6,11,13-14H,7-10,16H2,1H3,(H,17,18). The number of amides is 1. The van der Waals surface area contributed by atoms with Crippen molar-refractivity contribution in [3.63, 3.8) is 0 Å². The highest BCUT2D eigenvalue weighted by molar-refractivity contribution is 5.79. The predicted molar refractivity (Wildman–Crippen MR) is 74.7 cm³/mol. The van der Waals surface area contributed by atoms with Crippen LogP contribution in [-0.4, -0.2) is 31.2 Å². The van der Waals surface area contributed by atoms with E-state index in [1.165, 1.54) is 5.56 Å². The zero-order valence-electron chi connectivity index (χ0n) is 11.3. The highest BCUT2D eigenvalue weighted by Crippen LogP contribution is 2.20. The average molecular weight is 262 g/mol. The van der Waals surface area contributed by atoms with Gasteiger partial charge in [0.15, 0.2) is 0 Å². The lowest BCUT2D eigenvalue weighted by Crippen LogP contribution is -2.45. The Morgan fingerprint density at radius 3 is 2.79 bits per heavy atom. The molecule has 104 valence electrons. The molecule has 0 spiro atoms. The second-order valence-electron chi connectivity index (χ2n) is 5.10. The fraction of sp³-hybridized carbons (Fsp3) is 0.533. The van der Waals surface area contributed by atoms with Crippen LogP contribution in [-0.2, 0) is 16.0 Å². The smallest absolute Gasteiger partial charge is 0.226 e. The van der Waals surface area contributed by atoms with E-state index in [9.17, 15) is 4.79 Å². The number of hydrogen-bond donors (Lipinski definition) is 2. The molecule has 1 saturated heterocycles. The number of rotatable bonds is 5. The molecule has 3 atom stereocenters. The van der Waals surface area contributed by atoms with Crippen molar-refractivity contribution < 1.29 is 9.53 Å². The van der Waals surface area contributed by atoms with Crippen molar-refractivity contribution in [2.45, 2.75) is 31.9 Å². The van der Waals surface area contributed by atoms with Gasteiger partial charge >= 0.3 is 0 Å². The van der Waals surface area contributed by atoms with Gasteiger partial charge in [0.1, 0.15) is 0 Å². The third-order valence-corrected chi connectivity index (χ3v) is 3.67. The van der Waals surface area contributed by atoms with Crippen LogP contribution in [0.3, 0.4) is 0 Å². The van der Waals surface area contributed by atoms with Crippen molar-refractivity contribution in [2.24, 2.45) is 11.7 Å². The molecule has 4 nitrogen and oxygen atoms in total. The van der Waals surface area contributed by atoms with E-state index in [2.05, 4.69) is 17.4 Å². The highest BCUT2D eigenvalue weighted by atomic mass is 16.5. The normalized spacial score (nSPS) is 24.1. The van der Waals surface area contributed by atoms with Crippen molar-refractivity contribution in [3.8, 4) is 0 Å². The summed E-state index contributed by atoms with van der Waals surface area (Å²) in [6.07, 6.45) is 1.58. The van der Waals surface area contributed by atoms with Gasteiger partial charge < -0.3 is 15.8 Å². The number of nitrogens with two attached hydrogens (primary N) is 1. The molecule has 1 aliphatic rings. The predicted octanol–water partition coefficient (Wildman–Crippen LogP) is 1.10. The number of ether oxygens (including phenoxy) is 1. The average Bonchev–Trinajstić information content (AvgIpc) is 2.85. The maximum absolute atomic E-state index is 12.2. The molecule has 1 aliphatic heterocycles. The molecule has 1 fully saturated rings. The number of benzene rings is 1. The van der Waals surface area contributed by atoms with Crippen LogP contribution >= 0.6 is 0 Å². The first-order valence-electron chi connectivity index (χ1n) is 6.86. The van der Waals surface area contributed by atoms with Gasteiger partial charge in [-0.05, 0) is 25.3 Å². The van der Waals surface area contributed by atoms with Crippen LogP contribution in [0.15, 0.2) is 30.3 Å². The Bertz CT molecular complexity index is 408. The quantitative estimate of drug-likeness (QED) is 0.835. The van der Waals surface area contributed by atoms with E-state index in [4.69, 9.17) is 10.5 Å². The summed E-state index contributed by atoms with van der Waals surface area (Å²) in [5.74, 6) is 0.0289. The van der Waals surface area contributed by atoms with Crippen molar-refractivity contribution >= 4 is 5.91 Å². The van der Waals surface area contributed by atoms with Crippen LogP contribution in [0.1, 0.15) is 18.9 Å². The molecule has 1 aromatic carbocycles. The number of carbonyl (C=O) groups is 1. The molecule has 0 radical (unpaired) electrons. The Labute approximate surface area is 114 Å². The lowest BCUT2D eigenvalue weighted by atomic mass is 10.00. The van der Waals surface area contributed by atoms with Crippen molar-refractivity contribution in [2.75, 3.05) is 13.2 Å². The SMILES string of the molecule is CC1OCCC1C(=O)NC(CN)Cc1ccccc1. The van der Waals surface area contributed by atoms with Crippen LogP contribution in [0.25, 0.3) is 0 Å². The van der Waals surface area contributed by atoms with Crippen LogP contribution in [0.5, 0.6) is 0 Å². The maximum Gasteiger partial charge on any atom is 0.226 e. The molecule has 0 saturated carbocycles. The van der Waals surface area contributed by atoms with E-state index in [-0.39, 0.29) is 24.0 Å². The monoisotopic (exact) mass is 262 g/mol. The number of hydrogen-bond acceptors (Lipinski definition) is 3. The second kappa shape index (κ2) is 6.68. The Morgan fingerprint density at radius 1 is 1.47 bits per heavy atom. The van der Waals surface area contributed by atoms with Gasteiger partial charge in [0.25, 0.3) is 0 Å². The van der Waals surface area contributed by atoms with Crippen molar-refractivity contribution in [1.29, 1.82) is 0 Å². The number of carbonyl (C=O) groups excluding carboxylic acids is 1. The first-order valence-corrected chi connectivity index (χ1v) is 6.86. The molecule has 1 amide bonds. The Balaban J connectivity index is 1.90. The van der Waals surface area contributed by atoms with E-state index in [0.29, 0.717) is 13.2 Å². The first kappa shape index (κ1) is 14.0. The minimum atomic E-state index is -0.0372. The third kappa shape index (κ3) is 3.78. The van der Waals surface area contributed by atoms with Gasteiger partial charge in [-0.25, -0.2) is 0 Å². The molecular weight excluding hydrogens is 240 g/mol. The summed E-state index contributed by atoms with van der Waals surface area (Å²) >= 11 is 0. The third-order valence-electron chi connectivity index (χ3n) is 3.67. The lowest BCUT2D eigenvalue weighted by Gasteiger charge is -2.21. The molecule has 3 unspecified atom stereocenters. The minimum Gasteiger partial charge on any atom is -0.378 e. The molecule has 0 aliphatic carbocycles. The van der Waals surface area contributed by atoms with Gasteiger partial charge in [-0.2, -0.15) is 0 Å². The zero-order valence-corrected chi connectivity index (χ0v) is 11.3. The van der Waals surface area contributed by atoms with Crippen LogP contribution in [0, 0.1) is 5.92 Å². The fourth-order valence-electron chi connectivity index (χ4n) is 2.48. The summed E-state index contributed by atoms with van der Waals surface area (Å²) < 4.78 is 5.43. The summed E-state index contributed by atoms with van der Waals surface area (Å²) in [6.45, 7) is 3.07. The first-order chi connectivity index (χ1) is 9.20. The molecule has 0 bridgehead atoms. The minimum absolute atomic E-state index is 0.00940. The Hall–Kier alpha value is -1.39. The van der Waals surface area contributed by atoms with Crippen LogP contribution < -0.4 is 11.1 Å². The van der Waals surface area contributed by atoms with Gasteiger partial charge in [0, 0.05) is 19.2 Å². The van der Waals surface area contributed by atoms with Crippen LogP contribution in [0.2, 0.25) is 0 Å². The maximum atomic E-state index is 12.2. The summed E-state index contributed by atoms with van der Waals surface area (Å²) in [5.41, 5.74) is 6.95. The lowest BCUT2D eigenvalue weighted by molar-refractivity contribution is -0.127. The topological polar surface area (TPSA) is 64.3 Å². The second-order valence-corrected chi connectivity index (χ2v) is 5.10. The van der Waals surface area contributed by atoms with Gasteiger partial charge in [-0.3, -0.25) is 4.79 Å². The Morgan fingerprint density at radius 2 is 2.21 bits per heavy atom. The van der Waals surface area contributed by atoms with Gasteiger partial charge in [0.2, 0.25) is 5.91 Å². The molecule has 1 heterocycles. The summed E-state index contributed by atoms with van der Waals surface area (Å²) in [7, 11) is 0. The molecule has 0 aromatic heterocycles. The fourth-order valence-corrected chi connectivity index (χ4v) is 2.48. The van der Waals surface area contributed by atoms with Gasteiger partial charge in [-0.1, -0.05) is 30.3 Å². The van der Waals surface area contributed by atoms with Crippen molar-refractivity contribution in [3.05, 3.63) is 35.9 Å². The largest absolute Gasteiger partial charge is 0.378 e. The summed E-state index contributed by atoms with van der Waals surface area (Å²) in [6, 6.07) is 10.1. The van der Waals surface area contributed by atoms with Gasteiger partial charge in [-0.15, -0.1) is 0 Å². The van der Waals surface area contributed by atoms with E-state index in [1.54, 1.807) is 0 Å². The highest BCUT2D eigenvalue weighted by Gasteiger charge is 2.31. The van der Waals surface area contributed by atoms with E-state index >= 15 is 0 Å². The van der Waals surface area contributed by atoms with Gasteiger partial charge in [0.05, 0.1) is 12.0 Å². The molecule has 3 N–H and O–H groups in total. The summed E-state index contributed by atoms with van der Waals surface area (Å²) in [4.78, 5) is 12.2.